The molecule has 0 saturated heterocycles. The molecule has 0 spiro atoms. The molecule has 2 aromatic carbocycles. The Hall–Kier alpha value is -2.25. The van der Waals surface area contributed by atoms with Gasteiger partial charge in [0, 0.05) is 5.02 Å². The lowest BCUT2D eigenvalue weighted by molar-refractivity contribution is -0.134. The Balaban J connectivity index is 2.08. The van der Waals surface area contributed by atoms with Crippen LogP contribution in [0.3, 0.4) is 0 Å². The highest BCUT2D eigenvalue weighted by Crippen LogP contribution is 2.37. The quantitative estimate of drug-likeness (QED) is 0.385. The normalized spacial score (nSPS) is 11.6. The van der Waals surface area contributed by atoms with E-state index in [1.54, 1.807) is 45.2 Å². The van der Waals surface area contributed by atoms with Crippen LogP contribution < -0.4 is 19.6 Å². The van der Waals surface area contributed by atoms with Gasteiger partial charge in [-0.3, -0.25) is 4.79 Å². The number of nitrogens with zero attached hydrogens (tertiary/aromatic N) is 1. The fraction of sp³-hybridized carbons (Fsp3) is 0.364. The second-order valence-corrected chi connectivity index (χ2v) is 8.68. The van der Waals surface area contributed by atoms with Crippen molar-refractivity contribution >= 4 is 39.7 Å². The smallest absolute Gasteiger partial charge is 0.283 e. The molecule has 0 bridgehead atoms. The predicted octanol–water partition coefficient (Wildman–Crippen LogP) is 5.51. The van der Waals surface area contributed by atoms with Gasteiger partial charge in [-0.05, 0) is 92.0 Å². The van der Waals surface area contributed by atoms with E-state index in [2.05, 4.69) is 26.5 Å². The van der Waals surface area contributed by atoms with E-state index >= 15 is 0 Å². The summed E-state index contributed by atoms with van der Waals surface area (Å²) in [6.45, 7) is 9.08. The standard InChI is InChI=1S/C22H26BrClN2O4/c1-13(2)29-20-17(23)10-15(11-19(20)28-6)12-25-26-21(27)22(4,5)30-16-7-8-18(24)14(3)9-16/h7-13H,1-6H3,(H,26,27). The molecule has 1 amide bonds. The number of carbonyl (C=O) groups excluding carboxylic acids is 1. The van der Waals surface area contributed by atoms with Gasteiger partial charge in [0.2, 0.25) is 0 Å². The fourth-order valence-corrected chi connectivity index (χ4v) is 3.16. The van der Waals surface area contributed by atoms with Crippen molar-refractivity contribution < 1.29 is 19.0 Å². The molecule has 0 aliphatic rings. The van der Waals surface area contributed by atoms with Crippen molar-refractivity contribution in [3.8, 4) is 17.2 Å². The molecule has 0 atom stereocenters. The van der Waals surface area contributed by atoms with E-state index in [-0.39, 0.29) is 6.10 Å². The summed E-state index contributed by atoms with van der Waals surface area (Å²) in [7, 11) is 1.57. The molecular formula is C22H26BrClN2O4. The molecule has 0 aliphatic carbocycles. The Kier molecular flexibility index (Phi) is 8.15. The lowest BCUT2D eigenvalue weighted by Gasteiger charge is -2.24. The molecule has 2 rings (SSSR count). The predicted molar refractivity (Wildman–Crippen MR) is 123 cm³/mol. The monoisotopic (exact) mass is 496 g/mol. The highest BCUT2D eigenvalue weighted by molar-refractivity contribution is 9.10. The summed E-state index contributed by atoms with van der Waals surface area (Å²) in [6, 6.07) is 8.84. The Labute approximate surface area is 190 Å². The molecule has 30 heavy (non-hydrogen) atoms. The van der Waals surface area contributed by atoms with E-state index in [9.17, 15) is 4.79 Å². The zero-order valence-corrected chi connectivity index (χ0v) is 20.2. The summed E-state index contributed by atoms with van der Waals surface area (Å²) in [4.78, 5) is 12.5. The van der Waals surface area contributed by atoms with Crippen molar-refractivity contribution in [2.75, 3.05) is 7.11 Å². The lowest BCUT2D eigenvalue weighted by Crippen LogP contribution is -2.44. The third-order valence-corrected chi connectivity index (χ3v) is 5.05. The number of aryl methyl sites for hydroxylation is 1. The number of hydrogen-bond acceptors (Lipinski definition) is 5. The number of carbonyl (C=O) groups is 1. The lowest BCUT2D eigenvalue weighted by atomic mass is 10.1. The number of halogens is 2. The Bertz CT molecular complexity index is 945. The summed E-state index contributed by atoms with van der Waals surface area (Å²) in [5, 5.41) is 4.68. The molecule has 2 aromatic rings. The van der Waals surface area contributed by atoms with Gasteiger partial charge in [0.25, 0.3) is 5.91 Å². The molecule has 0 saturated carbocycles. The van der Waals surface area contributed by atoms with Crippen molar-refractivity contribution in [1.29, 1.82) is 0 Å². The van der Waals surface area contributed by atoms with Crippen molar-refractivity contribution in [1.82, 2.24) is 5.43 Å². The zero-order valence-electron chi connectivity index (χ0n) is 17.9. The topological polar surface area (TPSA) is 69.2 Å². The number of nitrogens with one attached hydrogen (secondary N) is 1. The van der Waals surface area contributed by atoms with Crippen molar-refractivity contribution in [2.24, 2.45) is 5.10 Å². The first-order valence-electron chi connectivity index (χ1n) is 9.36. The molecule has 162 valence electrons. The molecule has 0 fully saturated rings. The number of rotatable bonds is 8. The van der Waals surface area contributed by atoms with Crippen molar-refractivity contribution in [2.45, 2.75) is 46.3 Å². The maximum Gasteiger partial charge on any atom is 0.283 e. The van der Waals surface area contributed by atoms with E-state index in [0.717, 1.165) is 15.6 Å². The molecular weight excluding hydrogens is 472 g/mol. The maximum absolute atomic E-state index is 12.5. The molecule has 0 aromatic heterocycles. The largest absolute Gasteiger partial charge is 0.493 e. The van der Waals surface area contributed by atoms with Gasteiger partial charge in [-0.25, -0.2) is 5.43 Å². The van der Waals surface area contributed by atoms with Gasteiger partial charge in [0.05, 0.1) is 23.9 Å². The zero-order chi connectivity index (χ0) is 22.5. The van der Waals surface area contributed by atoms with Crippen molar-refractivity contribution in [3.63, 3.8) is 0 Å². The highest BCUT2D eigenvalue weighted by atomic mass is 79.9. The minimum Gasteiger partial charge on any atom is -0.493 e. The average Bonchev–Trinajstić information content (AvgIpc) is 2.66. The van der Waals surface area contributed by atoms with Gasteiger partial charge >= 0.3 is 0 Å². The first kappa shape index (κ1) is 24.0. The van der Waals surface area contributed by atoms with Gasteiger partial charge < -0.3 is 14.2 Å². The number of benzene rings is 2. The Morgan fingerprint density at radius 2 is 1.97 bits per heavy atom. The Morgan fingerprint density at radius 3 is 2.57 bits per heavy atom. The average molecular weight is 498 g/mol. The van der Waals surface area contributed by atoms with Crippen LogP contribution in [0, 0.1) is 6.92 Å². The fourth-order valence-electron chi connectivity index (χ4n) is 2.49. The maximum atomic E-state index is 12.5. The van der Waals surface area contributed by atoms with Crippen LogP contribution in [0.2, 0.25) is 5.02 Å². The number of hydrogen-bond donors (Lipinski definition) is 1. The van der Waals surface area contributed by atoms with Gasteiger partial charge in [-0.15, -0.1) is 0 Å². The summed E-state index contributed by atoms with van der Waals surface area (Å²) in [5.74, 6) is 1.33. The van der Waals surface area contributed by atoms with Gasteiger partial charge in [0.15, 0.2) is 17.1 Å². The third-order valence-electron chi connectivity index (χ3n) is 4.03. The van der Waals surface area contributed by atoms with Crippen LogP contribution in [0.25, 0.3) is 0 Å². The molecule has 0 aliphatic heterocycles. The number of hydrazone groups is 1. The van der Waals surface area contributed by atoms with E-state index in [0.29, 0.717) is 22.3 Å². The van der Waals surface area contributed by atoms with E-state index in [4.69, 9.17) is 25.8 Å². The molecule has 6 nitrogen and oxygen atoms in total. The molecule has 8 heteroatoms. The van der Waals surface area contributed by atoms with E-state index < -0.39 is 11.5 Å². The molecule has 1 N–H and O–H groups in total. The highest BCUT2D eigenvalue weighted by Gasteiger charge is 2.30. The third kappa shape index (κ3) is 6.37. The number of methoxy groups -OCH3 is 1. The van der Waals surface area contributed by atoms with Crippen LogP contribution in [0.1, 0.15) is 38.8 Å². The number of ether oxygens (including phenoxy) is 3. The van der Waals surface area contributed by atoms with Crippen LogP contribution in [-0.2, 0) is 4.79 Å². The second-order valence-electron chi connectivity index (χ2n) is 7.42. The summed E-state index contributed by atoms with van der Waals surface area (Å²) >= 11 is 9.52. The van der Waals surface area contributed by atoms with E-state index in [1.807, 2.05) is 26.8 Å². The number of amides is 1. The first-order valence-corrected chi connectivity index (χ1v) is 10.5. The minimum absolute atomic E-state index is 0.000615. The van der Waals surface area contributed by atoms with E-state index in [1.165, 1.54) is 6.21 Å². The van der Waals surface area contributed by atoms with Crippen LogP contribution in [0.4, 0.5) is 0 Å². The van der Waals surface area contributed by atoms with Crippen molar-refractivity contribution in [3.05, 3.63) is 51.0 Å². The summed E-state index contributed by atoms with van der Waals surface area (Å²) in [5.41, 5.74) is 2.97. The summed E-state index contributed by atoms with van der Waals surface area (Å²) < 4.78 is 17.7. The first-order chi connectivity index (χ1) is 14.0. The molecule has 0 radical (unpaired) electrons. The van der Waals surface area contributed by atoms with Crippen LogP contribution in [-0.4, -0.2) is 30.9 Å². The summed E-state index contributed by atoms with van der Waals surface area (Å²) in [6.07, 6.45) is 1.52. The SMILES string of the molecule is COc1cc(C=NNC(=O)C(C)(C)Oc2ccc(Cl)c(C)c2)cc(Br)c1OC(C)C. The Morgan fingerprint density at radius 1 is 1.27 bits per heavy atom. The molecule has 0 unspecified atom stereocenters. The van der Waals surface area contributed by atoms with Crippen LogP contribution >= 0.6 is 27.5 Å². The minimum atomic E-state index is -1.13. The molecule has 0 heterocycles. The van der Waals surface area contributed by atoms with Crippen LogP contribution in [0.15, 0.2) is 39.9 Å². The second kappa shape index (κ2) is 10.2. The van der Waals surface area contributed by atoms with Gasteiger partial charge in [0.1, 0.15) is 5.75 Å². The van der Waals surface area contributed by atoms with Gasteiger partial charge in [-0.1, -0.05) is 11.6 Å². The van der Waals surface area contributed by atoms with Gasteiger partial charge in [-0.2, -0.15) is 5.10 Å². The van der Waals surface area contributed by atoms with Crippen LogP contribution in [0.5, 0.6) is 17.2 Å².